The number of halogens is 1. The lowest BCUT2D eigenvalue weighted by Gasteiger charge is -2.13. The summed E-state index contributed by atoms with van der Waals surface area (Å²) in [6.07, 6.45) is 2.28. The van der Waals surface area contributed by atoms with E-state index in [0.29, 0.717) is 11.8 Å². The monoisotopic (exact) mass is 296 g/mol. The molecule has 20 heavy (non-hydrogen) atoms. The van der Waals surface area contributed by atoms with Crippen molar-refractivity contribution in [2.45, 2.75) is 30.8 Å². The number of hydrogen-bond donors (Lipinski definition) is 2. The molecule has 2 aliphatic carbocycles. The number of hydrogen-bond acceptors (Lipinski definition) is 3. The van der Waals surface area contributed by atoms with E-state index in [4.69, 9.17) is 10.5 Å². The van der Waals surface area contributed by atoms with Gasteiger partial charge in [-0.1, -0.05) is 24.3 Å². The molecule has 4 nitrogen and oxygen atoms in total. The van der Waals surface area contributed by atoms with E-state index < -0.39 is 6.04 Å². The quantitative estimate of drug-likeness (QED) is 0.878. The van der Waals surface area contributed by atoms with Gasteiger partial charge in [0.05, 0.1) is 6.61 Å². The summed E-state index contributed by atoms with van der Waals surface area (Å²) < 4.78 is 4.92. The van der Waals surface area contributed by atoms with Gasteiger partial charge >= 0.3 is 0 Å². The number of aryl methyl sites for hydroxylation is 1. The number of ether oxygens (including phenoxy) is 1. The molecule has 0 saturated heterocycles. The van der Waals surface area contributed by atoms with Gasteiger partial charge in [-0.2, -0.15) is 0 Å². The van der Waals surface area contributed by atoms with Crippen molar-refractivity contribution in [2.24, 2.45) is 11.7 Å². The minimum atomic E-state index is -0.567. The highest BCUT2D eigenvalue weighted by Gasteiger charge is 2.53. The first kappa shape index (κ1) is 15.3. The Labute approximate surface area is 125 Å². The summed E-state index contributed by atoms with van der Waals surface area (Å²) in [4.78, 5) is 11.9. The van der Waals surface area contributed by atoms with Crippen LogP contribution in [0, 0.1) is 5.92 Å². The second-order valence-corrected chi connectivity index (χ2v) is 5.52. The zero-order chi connectivity index (χ0) is 13.4. The highest BCUT2D eigenvalue weighted by Crippen LogP contribution is 2.54. The lowest BCUT2D eigenvalue weighted by molar-refractivity contribution is -0.123. The minimum Gasteiger partial charge on any atom is -0.383 e. The second-order valence-electron chi connectivity index (χ2n) is 5.52. The fourth-order valence-electron chi connectivity index (χ4n) is 3.29. The maximum atomic E-state index is 11.9. The van der Waals surface area contributed by atoms with Gasteiger partial charge in [0, 0.05) is 19.1 Å². The molecule has 0 aromatic heterocycles. The van der Waals surface area contributed by atoms with Crippen molar-refractivity contribution in [3.63, 3.8) is 0 Å². The summed E-state index contributed by atoms with van der Waals surface area (Å²) in [6.45, 7) is 0.268. The van der Waals surface area contributed by atoms with Crippen LogP contribution < -0.4 is 11.1 Å². The molecule has 0 radical (unpaired) electrons. The Balaban J connectivity index is 0.00000147. The molecule has 1 fully saturated rings. The van der Waals surface area contributed by atoms with Gasteiger partial charge in [-0.05, 0) is 29.9 Å². The van der Waals surface area contributed by atoms with E-state index >= 15 is 0 Å². The number of benzene rings is 1. The molecule has 3 rings (SSSR count). The van der Waals surface area contributed by atoms with Crippen LogP contribution in [0.1, 0.15) is 23.5 Å². The number of amides is 1. The first-order chi connectivity index (χ1) is 9.22. The summed E-state index contributed by atoms with van der Waals surface area (Å²) in [6, 6.07) is 8.24. The topological polar surface area (TPSA) is 64.3 Å². The van der Waals surface area contributed by atoms with Crippen LogP contribution in [-0.2, 0) is 16.0 Å². The molecule has 4 unspecified atom stereocenters. The normalized spacial score (nSPS) is 27.6. The number of rotatable bonds is 4. The number of carbonyl (C=O) groups excluding carboxylic acids is 1. The van der Waals surface area contributed by atoms with E-state index in [0.717, 1.165) is 12.8 Å². The van der Waals surface area contributed by atoms with Crippen LogP contribution in [0.15, 0.2) is 24.3 Å². The Morgan fingerprint density at radius 2 is 2.25 bits per heavy atom. The predicted molar refractivity (Wildman–Crippen MR) is 80.0 cm³/mol. The van der Waals surface area contributed by atoms with Crippen LogP contribution in [0.2, 0.25) is 0 Å². The van der Waals surface area contributed by atoms with Crippen LogP contribution >= 0.6 is 12.4 Å². The molecule has 0 bridgehead atoms. The molecule has 4 atom stereocenters. The molecule has 0 heterocycles. The van der Waals surface area contributed by atoms with Crippen molar-refractivity contribution in [3.05, 3.63) is 35.4 Å². The van der Waals surface area contributed by atoms with Crippen molar-refractivity contribution >= 4 is 18.3 Å². The summed E-state index contributed by atoms with van der Waals surface area (Å²) in [5, 5.41) is 3.08. The zero-order valence-electron chi connectivity index (χ0n) is 11.5. The van der Waals surface area contributed by atoms with Crippen LogP contribution in [0.25, 0.3) is 0 Å². The first-order valence-electron chi connectivity index (χ1n) is 6.85. The molecule has 2 aliphatic rings. The van der Waals surface area contributed by atoms with Crippen LogP contribution in [0.5, 0.6) is 0 Å². The fourth-order valence-corrected chi connectivity index (χ4v) is 3.29. The summed E-state index contributed by atoms with van der Waals surface area (Å²) >= 11 is 0. The van der Waals surface area contributed by atoms with Gasteiger partial charge < -0.3 is 15.8 Å². The highest BCUT2D eigenvalue weighted by atomic mass is 35.5. The molecular formula is C15H21ClN2O2. The van der Waals surface area contributed by atoms with Gasteiger partial charge in [0.2, 0.25) is 5.91 Å². The third-order valence-electron chi connectivity index (χ3n) is 4.32. The average Bonchev–Trinajstić information content (AvgIpc) is 3.13. The smallest absolute Gasteiger partial charge is 0.239 e. The maximum absolute atomic E-state index is 11.9. The van der Waals surface area contributed by atoms with E-state index in [1.807, 2.05) is 0 Å². The Bertz CT molecular complexity index is 495. The standard InChI is InChI=1S/C15H20N2O2.ClH/c1-19-8-12(16)15(18)17-14-11-7-6-9-4-2-3-5-10(9)13(11)14;/h2-5,11-14H,6-8,16H2,1H3,(H,17,18);1H. The molecule has 0 spiro atoms. The SMILES string of the molecule is COCC(N)C(=O)NC1C2CCc3ccccc3C21.Cl. The average molecular weight is 297 g/mol. The van der Waals surface area contributed by atoms with Crippen molar-refractivity contribution in [1.82, 2.24) is 5.32 Å². The number of fused-ring (bicyclic) bond motifs is 3. The Morgan fingerprint density at radius 1 is 1.50 bits per heavy atom. The molecule has 0 aliphatic heterocycles. The number of carbonyl (C=O) groups is 1. The summed E-state index contributed by atoms with van der Waals surface area (Å²) in [5.41, 5.74) is 8.59. The lowest BCUT2D eigenvalue weighted by atomic mass is 9.92. The number of nitrogens with two attached hydrogens (primary N) is 1. The first-order valence-corrected chi connectivity index (χ1v) is 6.85. The van der Waals surface area contributed by atoms with Gasteiger partial charge in [-0.15, -0.1) is 12.4 Å². The van der Waals surface area contributed by atoms with Crippen LogP contribution in [0.4, 0.5) is 0 Å². The van der Waals surface area contributed by atoms with Crippen LogP contribution in [0.3, 0.4) is 0 Å². The molecule has 110 valence electrons. The Hall–Kier alpha value is -1.10. The summed E-state index contributed by atoms with van der Waals surface area (Å²) in [7, 11) is 1.56. The summed E-state index contributed by atoms with van der Waals surface area (Å²) in [5.74, 6) is 0.982. The van der Waals surface area contributed by atoms with E-state index in [-0.39, 0.29) is 31.0 Å². The van der Waals surface area contributed by atoms with Gasteiger partial charge in [0.25, 0.3) is 0 Å². The molecule has 5 heteroatoms. The van der Waals surface area contributed by atoms with Gasteiger partial charge in [-0.25, -0.2) is 0 Å². The predicted octanol–water partition coefficient (Wildman–Crippen LogP) is 1.23. The minimum absolute atomic E-state index is 0. The third-order valence-corrected chi connectivity index (χ3v) is 4.32. The van der Waals surface area contributed by atoms with Crippen molar-refractivity contribution in [3.8, 4) is 0 Å². The lowest BCUT2D eigenvalue weighted by Crippen LogP contribution is -2.44. The molecular weight excluding hydrogens is 276 g/mol. The molecule has 1 aromatic rings. The second kappa shape index (κ2) is 6.12. The van der Waals surface area contributed by atoms with Gasteiger partial charge in [-0.3, -0.25) is 4.79 Å². The molecule has 1 amide bonds. The fraction of sp³-hybridized carbons (Fsp3) is 0.533. The molecule has 1 aromatic carbocycles. The zero-order valence-corrected chi connectivity index (χ0v) is 12.4. The van der Waals surface area contributed by atoms with Crippen molar-refractivity contribution in [2.75, 3.05) is 13.7 Å². The van der Waals surface area contributed by atoms with Crippen molar-refractivity contribution < 1.29 is 9.53 Å². The number of methoxy groups -OCH3 is 1. The van der Waals surface area contributed by atoms with E-state index in [1.165, 1.54) is 11.1 Å². The Morgan fingerprint density at radius 3 is 3.00 bits per heavy atom. The molecule has 1 saturated carbocycles. The number of nitrogens with one attached hydrogen (secondary N) is 1. The van der Waals surface area contributed by atoms with Gasteiger partial charge in [0.1, 0.15) is 6.04 Å². The third kappa shape index (κ3) is 2.68. The largest absolute Gasteiger partial charge is 0.383 e. The highest BCUT2D eigenvalue weighted by molar-refractivity contribution is 5.85. The van der Waals surface area contributed by atoms with Gasteiger partial charge in [0.15, 0.2) is 0 Å². The van der Waals surface area contributed by atoms with Crippen LogP contribution in [-0.4, -0.2) is 31.7 Å². The Kier molecular flexibility index (Phi) is 4.68. The van der Waals surface area contributed by atoms with E-state index in [9.17, 15) is 4.79 Å². The van der Waals surface area contributed by atoms with E-state index in [2.05, 4.69) is 29.6 Å². The van der Waals surface area contributed by atoms with E-state index in [1.54, 1.807) is 7.11 Å². The molecule has 3 N–H and O–H groups in total. The maximum Gasteiger partial charge on any atom is 0.239 e. The van der Waals surface area contributed by atoms with Crippen molar-refractivity contribution in [1.29, 1.82) is 0 Å².